The van der Waals surface area contributed by atoms with Crippen molar-refractivity contribution in [3.63, 3.8) is 0 Å². The number of nitrogens with two attached hydrogens (primary N) is 1. The van der Waals surface area contributed by atoms with Gasteiger partial charge in [-0.05, 0) is 6.92 Å². The average Bonchev–Trinajstić information content (AvgIpc) is 2.69. The number of hydrogen-bond acceptors (Lipinski definition) is 5. The summed E-state index contributed by atoms with van der Waals surface area (Å²) in [6.45, 7) is 5.03. The van der Waals surface area contributed by atoms with Crippen molar-refractivity contribution in [2.45, 2.75) is 26.1 Å². The van der Waals surface area contributed by atoms with Crippen LogP contribution >= 0.6 is 23.1 Å². The summed E-state index contributed by atoms with van der Waals surface area (Å²) in [7, 11) is 0. The summed E-state index contributed by atoms with van der Waals surface area (Å²) >= 11 is 3.72. The summed E-state index contributed by atoms with van der Waals surface area (Å²) in [5, 5.41) is 3.18. The summed E-state index contributed by atoms with van der Waals surface area (Å²) in [4.78, 5) is 7.01. The van der Waals surface area contributed by atoms with E-state index in [9.17, 15) is 0 Å². The Balaban J connectivity index is 1.95. The van der Waals surface area contributed by atoms with Crippen LogP contribution in [0.2, 0.25) is 0 Å². The van der Waals surface area contributed by atoms with Crippen molar-refractivity contribution in [1.29, 1.82) is 0 Å². The molecule has 0 aliphatic carbocycles. The Kier molecular flexibility index (Phi) is 4.02. The molecule has 1 saturated heterocycles. The second kappa shape index (κ2) is 5.30. The minimum atomic E-state index is 0.566. The Morgan fingerprint density at radius 1 is 1.67 bits per heavy atom. The van der Waals surface area contributed by atoms with Crippen LogP contribution in [0.15, 0.2) is 5.38 Å². The van der Waals surface area contributed by atoms with Crippen LogP contribution in [-0.4, -0.2) is 34.0 Å². The summed E-state index contributed by atoms with van der Waals surface area (Å²) in [6.07, 6.45) is 0. The maximum atomic E-state index is 5.55. The van der Waals surface area contributed by atoms with E-state index in [1.807, 2.05) is 11.8 Å². The molecule has 15 heavy (non-hydrogen) atoms. The summed E-state index contributed by atoms with van der Waals surface area (Å²) < 4.78 is 0. The first kappa shape index (κ1) is 11.4. The second-order valence-electron chi connectivity index (χ2n) is 3.83. The predicted octanol–water partition coefficient (Wildman–Crippen LogP) is 1.54. The molecule has 0 amide bonds. The minimum absolute atomic E-state index is 0.566. The first-order valence-corrected chi connectivity index (χ1v) is 7.28. The fourth-order valence-electron chi connectivity index (χ4n) is 1.72. The Morgan fingerprint density at radius 2 is 2.53 bits per heavy atom. The molecule has 1 aliphatic heterocycles. The highest BCUT2D eigenvalue weighted by atomic mass is 32.2. The molecule has 1 aromatic heterocycles. The minimum Gasteiger partial charge on any atom is -0.325 e. The van der Waals surface area contributed by atoms with Gasteiger partial charge in [0.2, 0.25) is 0 Å². The molecular weight excluding hydrogens is 226 g/mol. The maximum absolute atomic E-state index is 5.55. The first-order valence-electron chi connectivity index (χ1n) is 5.24. The van der Waals surface area contributed by atoms with Crippen molar-refractivity contribution in [2.75, 3.05) is 18.1 Å². The normalized spacial score (nSPS) is 23.2. The van der Waals surface area contributed by atoms with Gasteiger partial charge in [-0.3, -0.25) is 4.90 Å². The van der Waals surface area contributed by atoms with E-state index in [0.717, 1.165) is 11.6 Å². The van der Waals surface area contributed by atoms with Gasteiger partial charge in [-0.15, -0.1) is 11.3 Å². The van der Waals surface area contributed by atoms with E-state index in [-0.39, 0.29) is 0 Å². The number of aromatic nitrogens is 1. The van der Waals surface area contributed by atoms with Crippen LogP contribution in [0.5, 0.6) is 0 Å². The third-order valence-electron chi connectivity index (χ3n) is 2.64. The van der Waals surface area contributed by atoms with Gasteiger partial charge >= 0.3 is 0 Å². The van der Waals surface area contributed by atoms with Crippen LogP contribution in [0, 0.1) is 0 Å². The Morgan fingerprint density at radius 3 is 3.20 bits per heavy atom. The number of hydrogen-bond donors (Lipinski definition) is 1. The lowest BCUT2D eigenvalue weighted by molar-refractivity contribution is 0.221. The Labute approximate surface area is 99.1 Å². The van der Waals surface area contributed by atoms with E-state index in [1.54, 1.807) is 11.3 Å². The van der Waals surface area contributed by atoms with Crippen molar-refractivity contribution in [1.82, 2.24) is 9.88 Å². The molecule has 1 fully saturated rings. The SMILES string of the molecule is CC1CSCCN1Cc1csc(CN)n1. The summed E-state index contributed by atoms with van der Waals surface area (Å²) in [5.74, 6) is 2.49. The van der Waals surface area contributed by atoms with Gasteiger partial charge in [-0.1, -0.05) is 0 Å². The van der Waals surface area contributed by atoms with E-state index in [4.69, 9.17) is 5.73 Å². The third kappa shape index (κ3) is 2.93. The zero-order valence-electron chi connectivity index (χ0n) is 8.98. The molecule has 5 heteroatoms. The van der Waals surface area contributed by atoms with E-state index in [0.29, 0.717) is 12.6 Å². The zero-order valence-corrected chi connectivity index (χ0v) is 10.6. The molecule has 0 spiro atoms. The summed E-state index contributed by atoms with van der Waals surface area (Å²) in [5.41, 5.74) is 6.73. The molecule has 0 bridgehead atoms. The van der Waals surface area contributed by atoms with Crippen molar-refractivity contribution in [2.24, 2.45) is 5.73 Å². The van der Waals surface area contributed by atoms with Gasteiger partial charge in [-0.2, -0.15) is 11.8 Å². The van der Waals surface area contributed by atoms with Gasteiger partial charge in [0.15, 0.2) is 0 Å². The third-order valence-corrected chi connectivity index (χ3v) is 4.75. The fraction of sp³-hybridized carbons (Fsp3) is 0.700. The highest BCUT2D eigenvalue weighted by Crippen LogP contribution is 2.19. The fourth-order valence-corrected chi connectivity index (χ4v) is 3.47. The summed E-state index contributed by atoms with van der Waals surface area (Å²) in [6, 6.07) is 0.673. The quantitative estimate of drug-likeness (QED) is 0.874. The smallest absolute Gasteiger partial charge is 0.106 e. The second-order valence-corrected chi connectivity index (χ2v) is 5.92. The lowest BCUT2D eigenvalue weighted by atomic mass is 10.3. The number of thiazole rings is 1. The maximum Gasteiger partial charge on any atom is 0.106 e. The molecule has 2 N–H and O–H groups in total. The largest absolute Gasteiger partial charge is 0.325 e. The molecule has 2 heterocycles. The lowest BCUT2D eigenvalue weighted by Crippen LogP contribution is -2.39. The molecule has 0 saturated carbocycles. The van der Waals surface area contributed by atoms with Crippen molar-refractivity contribution in [3.8, 4) is 0 Å². The van der Waals surface area contributed by atoms with E-state index in [1.165, 1.54) is 23.7 Å². The molecular formula is C10H17N3S2. The highest BCUT2D eigenvalue weighted by molar-refractivity contribution is 7.99. The van der Waals surface area contributed by atoms with Gasteiger partial charge in [-0.25, -0.2) is 4.98 Å². The lowest BCUT2D eigenvalue weighted by Gasteiger charge is -2.32. The van der Waals surface area contributed by atoms with Gasteiger partial charge < -0.3 is 5.73 Å². The van der Waals surface area contributed by atoms with Gasteiger partial charge in [0.05, 0.1) is 5.69 Å². The molecule has 84 valence electrons. The van der Waals surface area contributed by atoms with E-state index in [2.05, 4.69) is 22.2 Å². The van der Waals surface area contributed by atoms with Crippen LogP contribution in [0.4, 0.5) is 0 Å². The highest BCUT2D eigenvalue weighted by Gasteiger charge is 2.19. The van der Waals surface area contributed by atoms with Crippen molar-refractivity contribution < 1.29 is 0 Å². The van der Waals surface area contributed by atoms with Crippen LogP contribution in [-0.2, 0) is 13.1 Å². The predicted molar refractivity (Wildman–Crippen MR) is 67.2 cm³/mol. The van der Waals surface area contributed by atoms with Crippen LogP contribution in [0.1, 0.15) is 17.6 Å². The van der Waals surface area contributed by atoms with Crippen LogP contribution in [0.3, 0.4) is 0 Å². The molecule has 1 atom stereocenters. The van der Waals surface area contributed by atoms with Crippen LogP contribution in [0.25, 0.3) is 0 Å². The topological polar surface area (TPSA) is 42.1 Å². The van der Waals surface area contributed by atoms with Gasteiger partial charge in [0, 0.05) is 42.6 Å². The average molecular weight is 243 g/mol. The van der Waals surface area contributed by atoms with E-state index >= 15 is 0 Å². The zero-order chi connectivity index (χ0) is 10.7. The number of rotatable bonds is 3. The molecule has 1 aromatic rings. The number of thioether (sulfide) groups is 1. The Hall–Kier alpha value is -0.100. The molecule has 1 aliphatic rings. The van der Waals surface area contributed by atoms with Gasteiger partial charge in [0.25, 0.3) is 0 Å². The Bertz CT molecular complexity index is 313. The van der Waals surface area contributed by atoms with Gasteiger partial charge in [0.1, 0.15) is 5.01 Å². The molecule has 0 aromatic carbocycles. The molecule has 0 radical (unpaired) electrons. The molecule has 2 rings (SSSR count). The van der Waals surface area contributed by atoms with E-state index < -0.39 is 0 Å². The van der Waals surface area contributed by atoms with Crippen LogP contribution < -0.4 is 5.73 Å². The standard InChI is InChI=1S/C10H17N3S2/c1-8-6-14-3-2-13(8)5-9-7-15-10(4-11)12-9/h7-8H,2-6,11H2,1H3. The van der Waals surface area contributed by atoms with Crippen molar-refractivity contribution >= 4 is 23.1 Å². The molecule has 1 unspecified atom stereocenters. The first-order chi connectivity index (χ1) is 7.29. The molecule has 3 nitrogen and oxygen atoms in total. The monoisotopic (exact) mass is 243 g/mol. The van der Waals surface area contributed by atoms with Crippen molar-refractivity contribution in [3.05, 3.63) is 16.1 Å². The number of nitrogens with zero attached hydrogens (tertiary/aromatic N) is 2.